The minimum Gasteiger partial charge on any atom is -0.386 e. The van der Waals surface area contributed by atoms with Crippen LogP contribution < -0.4 is 16.0 Å². The fourth-order valence-corrected chi connectivity index (χ4v) is 2.61. The zero-order valence-corrected chi connectivity index (χ0v) is 15.0. The Balaban J connectivity index is 1.58. The van der Waals surface area contributed by atoms with Crippen LogP contribution in [0.4, 0.5) is 14.9 Å². The second kappa shape index (κ2) is 8.18. The van der Waals surface area contributed by atoms with Crippen molar-refractivity contribution in [3.63, 3.8) is 0 Å². The molecule has 2 aromatic rings. The summed E-state index contributed by atoms with van der Waals surface area (Å²) in [4.78, 5) is 24.3. The van der Waals surface area contributed by atoms with Gasteiger partial charge in [0.05, 0.1) is 6.10 Å². The normalized spacial score (nSPS) is 14.3. The molecule has 142 valence electrons. The van der Waals surface area contributed by atoms with Crippen LogP contribution in [0.1, 0.15) is 40.4 Å². The zero-order chi connectivity index (χ0) is 19.4. The standard InChI is InChI=1S/C20H22FN3O3/c1-12-6-7-13(19(26)23-14-8-9-14)10-17(12)24-20(27)22-11-18(25)15-4-2-3-5-16(15)21/h2-7,10,14,18,25H,8-9,11H2,1H3,(H,23,26)(H2,22,24,27)/t18-/m1/s1. The first-order valence-corrected chi connectivity index (χ1v) is 8.83. The molecule has 1 aliphatic rings. The molecule has 0 radical (unpaired) electrons. The Morgan fingerprint density at radius 3 is 2.67 bits per heavy atom. The number of amides is 3. The minimum atomic E-state index is -1.16. The Labute approximate surface area is 156 Å². The van der Waals surface area contributed by atoms with E-state index in [2.05, 4.69) is 16.0 Å². The first-order chi connectivity index (χ1) is 12.9. The summed E-state index contributed by atoms with van der Waals surface area (Å²) in [5.41, 5.74) is 1.88. The second-order valence-electron chi connectivity index (χ2n) is 6.65. The molecular formula is C20H22FN3O3. The maximum Gasteiger partial charge on any atom is 0.319 e. The van der Waals surface area contributed by atoms with Gasteiger partial charge in [0.15, 0.2) is 0 Å². The Morgan fingerprint density at radius 1 is 1.22 bits per heavy atom. The zero-order valence-electron chi connectivity index (χ0n) is 15.0. The molecule has 1 fully saturated rings. The largest absolute Gasteiger partial charge is 0.386 e. The molecule has 0 bridgehead atoms. The molecule has 4 N–H and O–H groups in total. The molecule has 1 saturated carbocycles. The molecule has 3 amide bonds. The maximum atomic E-state index is 13.7. The van der Waals surface area contributed by atoms with E-state index in [1.165, 1.54) is 18.2 Å². The highest BCUT2D eigenvalue weighted by atomic mass is 19.1. The van der Waals surface area contributed by atoms with Crippen molar-refractivity contribution in [1.29, 1.82) is 0 Å². The average molecular weight is 371 g/mol. The van der Waals surface area contributed by atoms with Gasteiger partial charge in [0, 0.05) is 29.4 Å². The van der Waals surface area contributed by atoms with E-state index >= 15 is 0 Å². The van der Waals surface area contributed by atoms with Crippen molar-refractivity contribution in [2.24, 2.45) is 0 Å². The molecule has 2 aromatic carbocycles. The summed E-state index contributed by atoms with van der Waals surface area (Å²) < 4.78 is 13.7. The number of urea groups is 1. The van der Waals surface area contributed by atoms with E-state index in [-0.39, 0.29) is 24.1 Å². The molecule has 0 unspecified atom stereocenters. The Kier molecular flexibility index (Phi) is 5.71. The molecule has 0 aromatic heterocycles. The number of aliphatic hydroxyl groups is 1. The molecule has 6 nitrogen and oxygen atoms in total. The SMILES string of the molecule is Cc1ccc(C(=O)NC2CC2)cc1NC(=O)NC[C@@H](O)c1ccccc1F. The van der Waals surface area contributed by atoms with E-state index in [1.807, 2.05) is 6.92 Å². The summed E-state index contributed by atoms with van der Waals surface area (Å²) >= 11 is 0. The van der Waals surface area contributed by atoms with Gasteiger partial charge in [0.1, 0.15) is 5.82 Å². The third-order valence-corrected chi connectivity index (χ3v) is 4.38. The van der Waals surface area contributed by atoms with Gasteiger partial charge in [-0.15, -0.1) is 0 Å². The molecule has 0 saturated heterocycles. The van der Waals surface area contributed by atoms with Gasteiger partial charge in [0.2, 0.25) is 0 Å². The van der Waals surface area contributed by atoms with Crippen LogP contribution in [-0.4, -0.2) is 29.6 Å². The lowest BCUT2D eigenvalue weighted by atomic mass is 10.1. The number of anilines is 1. The van der Waals surface area contributed by atoms with Crippen LogP contribution in [0.15, 0.2) is 42.5 Å². The maximum absolute atomic E-state index is 13.7. The summed E-state index contributed by atoms with van der Waals surface area (Å²) in [6.45, 7) is 1.67. The highest BCUT2D eigenvalue weighted by molar-refractivity contribution is 5.97. The van der Waals surface area contributed by atoms with Crippen molar-refractivity contribution in [3.05, 3.63) is 65.0 Å². The van der Waals surface area contributed by atoms with Gasteiger partial charge < -0.3 is 21.1 Å². The van der Waals surface area contributed by atoms with Crippen molar-refractivity contribution in [2.45, 2.75) is 31.9 Å². The van der Waals surface area contributed by atoms with Gasteiger partial charge in [-0.05, 0) is 43.5 Å². The van der Waals surface area contributed by atoms with Crippen molar-refractivity contribution in [1.82, 2.24) is 10.6 Å². The van der Waals surface area contributed by atoms with Crippen molar-refractivity contribution >= 4 is 17.6 Å². The van der Waals surface area contributed by atoms with Crippen molar-refractivity contribution < 1.29 is 19.1 Å². The molecule has 0 spiro atoms. The van der Waals surface area contributed by atoms with E-state index in [1.54, 1.807) is 24.3 Å². The molecule has 0 heterocycles. The van der Waals surface area contributed by atoms with Crippen LogP contribution >= 0.6 is 0 Å². The molecular weight excluding hydrogens is 349 g/mol. The number of rotatable bonds is 6. The fraction of sp³-hybridized carbons (Fsp3) is 0.300. The van der Waals surface area contributed by atoms with Gasteiger partial charge in [-0.25, -0.2) is 9.18 Å². The lowest BCUT2D eigenvalue weighted by molar-refractivity contribution is 0.0951. The molecule has 1 aliphatic carbocycles. The van der Waals surface area contributed by atoms with Crippen molar-refractivity contribution in [3.8, 4) is 0 Å². The predicted molar refractivity (Wildman–Crippen MR) is 100 cm³/mol. The van der Waals surface area contributed by atoms with E-state index < -0.39 is 18.0 Å². The van der Waals surface area contributed by atoms with Gasteiger partial charge in [-0.1, -0.05) is 24.3 Å². The Morgan fingerprint density at radius 2 is 1.96 bits per heavy atom. The highest BCUT2D eigenvalue weighted by Crippen LogP contribution is 2.21. The molecule has 7 heteroatoms. The van der Waals surface area contributed by atoms with Crippen LogP contribution in [-0.2, 0) is 0 Å². The number of benzene rings is 2. The summed E-state index contributed by atoms with van der Waals surface area (Å²) in [5, 5.41) is 18.1. The summed E-state index contributed by atoms with van der Waals surface area (Å²) in [7, 11) is 0. The van der Waals surface area contributed by atoms with E-state index in [0.29, 0.717) is 11.3 Å². The Bertz CT molecular complexity index is 852. The first kappa shape index (κ1) is 18.8. The van der Waals surface area contributed by atoms with Gasteiger partial charge in [-0.3, -0.25) is 4.79 Å². The van der Waals surface area contributed by atoms with Gasteiger partial charge in [0.25, 0.3) is 5.91 Å². The third-order valence-electron chi connectivity index (χ3n) is 4.38. The number of hydrogen-bond donors (Lipinski definition) is 4. The third kappa shape index (κ3) is 5.04. The van der Waals surface area contributed by atoms with E-state index in [9.17, 15) is 19.1 Å². The molecule has 27 heavy (non-hydrogen) atoms. The predicted octanol–water partition coefficient (Wildman–Crippen LogP) is 2.88. The molecule has 1 atom stereocenters. The number of halogens is 1. The van der Waals surface area contributed by atoms with Crippen LogP contribution in [0.2, 0.25) is 0 Å². The summed E-state index contributed by atoms with van der Waals surface area (Å²) in [5.74, 6) is -0.701. The fourth-order valence-electron chi connectivity index (χ4n) is 2.61. The number of nitrogens with one attached hydrogen (secondary N) is 3. The second-order valence-corrected chi connectivity index (χ2v) is 6.65. The number of aryl methyl sites for hydroxylation is 1. The van der Waals surface area contributed by atoms with Crippen LogP contribution in [0.5, 0.6) is 0 Å². The quantitative estimate of drug-likeness (QED) is 0.629. The first-order valence-electron chi connectivity index (χ1n) is 8.83. The lowest BCUT2D eigenvalue weighted by Crippen LogP contribution is -2.33. The number of hydrogen-bond acceptors (Lipinski definition) is 3. The Hall–Kier alpha value is -2.93. The summed E-state index contributed by atoms with van der Waals surface area (Å²) in [6.07, 6.45) is 0.832. The van der Waals surface area contributed by atoms with Crippen LogP contribution in [0, 0.1) is 12.7 Å². The minimum absolute atomic E-state index is 0.118. The lowest BCUT2D eigenvalue weighted by Gasteiger charge is -2.15. The van der Waals surface area contributed by atoms with E-state index in [4.69, 9.17) is 0 Å². The topological polar surface area (TPSA) is 90.5 Å². The highest BCUT2D eigenvalue weighted by Gasteiger charge is 2.24. The summed E-state index contributed by atoms with van der Waals surface area (Å²) in [6, 6.07) is 10.6. The van der Waals surface area contributed by atoms with Crippen LogP contribution in [0.25, 0.3) is 0 Å². The molecule has 0 aliphatic heterocycles. The van der Waals surface area contributed by atoms with Gasteiger partial charge in [-0.2, -0.15) is 0 Å². The smallest absolute Gasteiger partial charge is 0.319 e. The van der Waals surface area contributed by atoms with Gasteiger partial charge >= 0.3 is 6.03 Å². The molecule has 3 rings (SSSR count). The number of aliphatic hydroxyl groups excluding tert-OH is 1. The van der Waals surface area contributed by atoms with Crippen LogP contribution in [0.3, 0.4) is 0 Å². The average Bonchev–Trinajstić information content (AvgIpc) is 3.46. The number of carbonyl (C=O) groups is 2. The van der Waals surface area contributed by atoms with Crippen molar-refractivity contribution in [2.75, 3.05) is 11.9 Å². The van der Waals surface area contributed by atoms with E-state index in [0.717, 1.165) is 18.4 Å². The monoisotopic (exact) mass is 371 g/mol. The number of carbonyl (C=O) groups excluding carboxylic acids is 2.